The molecule has 0 bridgehead atoms. The van der Waals surface area contributed by atoms with E-state index in [1.807, 2.05) is 20.8 Å². The van der Waals surface area contributed by atoms with Crippen LogP contribution in [0.3, 0.4) is 0 Å². The summed E-state index contributed by atoms with van der Waals surface area (Å²) in [6.07, 6.45) is 2.81. The lowest BCUT2D eigenvalue weighted by atomic mass is 10.2. The van der Waals surface area contributed by atoms with Crippen molar-refractivity contribution in [2.45, 2.75) is 51.7 Å². The Morgan fingerprint density at radius 2 is 1.50 bits per heavy atom. The molecule has 0 radical (unpaired) electrons. The van der Waals surface area contributed by atoms with Crippen molar-refractivity contribution in [1.82, 2.24) is 4.90 Å². The summed E-state index contributed by atoms with van der Waals surface area (Å²) in [5, 5.41) is 0. The summed E-state index contributed by atoms with van der Waals surface area (Å²) in [7, 11) is -1.00. The average molecular weight is 365 g/mol. The van der Waals surface area contributed by atoms with E-state index < -0.39 is 8.80 Å². The van der Waals surface area contributed by atoms with Gasteiger partial charge in [-0.3, -0.25) is 0 Å². The molecular formula is C16H40N4O3Si. The fraction of sp³-hybridized carbons (Fsp3) is 1.00. The predicted octanol–water partition coefficient (Wildman–Crippen LogP) is 0.752. The molecule has 0 spiro atoms. The summed E-state index contributed by atoms with van der Waals surface area (Å²) in [6.45, 7) is 11.3. The first-order chi connectivity index (χ1) is 11.3. The van der Waals surface area contributed by atoms with Crippen LogP contribution >= 0.6 is 0 Å². The Hall–Kier alpha value is -0.0631. The molecule has 1 atom stereocenters. The van der Waals surface area contributed by atoms with Gasteiger partial charge in [0.05, 0.1) is 5.60 Å². The van der Waals surface area contributed by atoms with E-state index in [1.165, 1.54) is 0 Å². The third-order valence-corrected chi connectivity index (χ3v) is 6.70. The minimum absolute atomic E-state index is 0.301. The van der Waals surface area contributed by atoms with Gasteiger partial charge in [0.15, 0.2) is 0 Å². The molecule has 0 aliphatic carbocycles. The number of rotatable bonds is 15. The van der Waals surface area contributed by atoms with E-state index in [2.05, 4.69) is 4.90 Å². The SMILES string of the molecule is CO[Si](CCCN(CCN)CCN)(OCCCCN)OC(C)(C)C. The Kier molecular flexibility index (Phi) is 13.1. The second-order valence-corrected chi connectivity index (χ2v) is 9.74. The van der Waals surface area contributed by atoms with Crippen LogP contribution in [0.15, 0.2) is 0 Å². The van der Waals surface area contributed by atoms with Crippen molar-refractivity contribution in [3.8, 4) is 0 Å². The average Bonchev–Trinajstić information content (AvgIpc) is 2.50. The topological polar surface area (TPSA) is 109 Å². The van der Waals surface area contributed by atoms with Gasteiger partial charge in [0.25, 0.3) is 0 Å². The van der Waals surface area contributed by atoms with E-state index in [-0.39, 0.29) is 5.60 Å². The van der Waals surface area contributed by atoms with Crippen molar-refractivity contribution < 1.29 is 13.3 Å². The van der Waals surface area contributed by atoms with Gasteiger partial charge in [0.2, 0.25) is 0 Å². The van der Waals surface area contributed by atoms with E-state index in [0.29, 0.717) is 26.2 Å². The first kappa shape index (κ1) is 23.9. The van der Waals surface area contributed by atoms with Gasteiger partial charge in [-0.2, -0.15) is 0 Å². The second kappa shape index (κ2) is 13.2. The van der Waals surface area contributed by atoms with Gasteiger partial charge < -0.3 is 35.4 Å². The zero-order valence-electron chi connectivity index (χ0n) is 16.2. The van der Waals surface area contributed by atoms with Crippen LogP contribution in [0, 0.1) is 0 Å². The van der Waals surface area contributed by atoms with Crippen LogP contribution in [0.4, 0.5) is 0 Å². The predicted molar refractivity (Wildman–Crippen MR) is 102 cm³/mol. The van der Waals surface area contributed by atoms with Crippen LogP contribution in [-0.4, -0.2) is 72.3 Å². The molecule has 0 heterocycles. The Morgan fingerprint density at radius 3 is 1.96 bits per heavy atom. The van der Waals surface area contributed by atoms with Crippen molar-refractivity contribution >= 4 is 8.80 Å². The van der Waals surface area contributed by atoms with E-state index in [4.69, 9.17) is 30.5 Å². The van der Waals surface area contributed by atoms with E-state index in [1.54, 1.807) is 7.11 Å². The summed E-state index contributed by atoms with van der Waals surface area (Å²) in [4.78, 5) is 2.28. The molecule has 0 aliphatic heterocycles. The van der Waals surface area contributed by atoms with Gasteiger partial charge in [-0.05, 0) is 53.1 Å². The molecule has 0 aromatic heterocycles. The second-order valence-electron chi connectivity index (χ2n) is 6.97. The number of nitrogens with two attached hydrogens (primary N) is 3. The van der Waals surface area contributed by atoms with Crippen LogP contribution in [0.25, 0.3) is 0 Å². The number of unbranched alkanes of at least 4 members (excludes halogenated alkanes) is 1. The molecule has 7 nitrogen and oxygen atoms in total. The minimum Gasteiger partial charge on any atom is -0.377 e. The highest BCUT2D eigenvalue weighted by Gasteiger charge is 2.43. The van der Waals surface area contributed by atoms with Gasteiger partial charge in [-0.1, -0.05) is 0 Å². The standard InChI is InChI=1S/C16H40N4O3Si/c1-16(2,3)23-24(21-4,22-14-6-5-8-17)15-7-11-20(12-9-18)13-10-19/h5-15,17-19H2,1-4H3. The Labute approximate surface area is 149 Å². The molecular weight excluding hydrogens is 324 g/mol. The van der Waals surface area contributed by atoms with E-state index in [9.17, 15) is 0 Å². The molecule has 0 rings (SSSR count). The maximum absolute atomic E-state index is 6.25. The quantitative estimate of drug-likeness (QED) is 0.290. The van der Waals surface area contributed by atoms with Crippen LogP contribution < -0.4 is 17.2 Å². The lowest BCUT2D eigenvalue weighted by Gasteiger charge is -2.35. The maximum atomic E-state index is 6.25. The zero-order chi connectivity index (χ0) is 18.5. The smallest absolute Gasteiger partial charge is 0.377 e. The molecule has 8 heteroatoms. The van der Waals surface area contributed by atoms with Crippen LogP contribution in [0.2, 0.25) is 6.04 Å². The summed E-state index contributed by atoms with van der Waals surface area (Å²) < 4.78 is 18.2. The van der Waals surface area contributed by atoms with Crippen LogP contribution in [0.1, 0.15) is 40.0 Å². The van der Waals surface area contributed by atoms with Gasteiger partial charge in [0.1, 0.15) is 0 Å². The summed E-state index contributed by atoms with van der Waals surface area (Å²) >= 11 is 0. The van der Waals surface area contributed by atoms with Crippen LogP contribution in [0.5, 0.6) is 0 Å². The highest BCUT2D eigenvalue weighted by Crippen LogP contribution is 2.24. The molecule has 0 aromatic rings. The molecule has 0 amide bonds. The molecule has 146 valence electrons. The maximum Gasteiger partial charge on any atom is 0.501 e. The molecule has 6 N–H and O–H groups in total. The molecule has 0 aromatic carbocycles. The lowest BCUT2D eigenvalue weighted by Crippen LogP contribution is -2.50. The Morgan fingerprint density at radius 1 is 0.875 bits per heavy atom. The van der Waals surface area contributed by atoms with Crippen molar-refractivity contribution in [3.63, 3.8) is 0 Å². The summed E-state index contributed by atoms with van der Waals surface area (Å²) in [6, 6.07) is 0.787. The van der Waals surface area contributed by atoms with Gasteiger partial charge >= 0.3 is 8.80 Å². The number of hydrogen-bond acceptors (Lipinski definition) is 7. The van der Waals surface area contributed by atoms with Gasteiger partial charge in [-0.15, -0.1) is 0 Å². The van der Waals surface area contributed by atoms with Gasteiger partial charge in [0, 0.05) is 45.9 Å². The van der Waals surface area contributed by atoms with Gasteiger partial charge in [-0.25, -0.2) is 0 Å². The van der Waals surface area contributed by atoms with E-state index >= 15 is 0 Å². The molecule has 0 aliphatic rings. The van der Waals surface area contributed by atoms with E-state index in [0.717, 1.165) is 44.9 Å². The molecule has 0 fully saturated rings. The van der Waals surface area contributed by atoms with Crippen molar-refractivity contribution in [3.05, 3.63) is 0 Å². The molecule has 0 saturated heterocycles. The third kappa shape index (κ3) is 11.5. The third-order valence-electron chi connectivity index (χ3n) is 3.54. The summed E-state index contributed by atoms with van der Waals surface area (Å²) in [5.74, 6) is 0. The van der Waals surface area contributed by atoms with Crippen LogP contribution in [-0.2, 0) is 13.3 Å². The minimum atomic E-state index is -2.70. The Bertz CT molecular complexity index is 300. The van der Waals surface area contributed by atoms with Crippen molar-refractivity contribution in [2.75, 3.05) is 53.0 Å². The number of nitrogens with zero attached hydrogens (tertiary/aromatic N) is 1. The fourth-order valence-electron chi connectivity index (χ4n) is 2.52. The Balaban J connectivity index is 4.65. The van der Waals surface area contributed by atoms with Crippen molar-refractivity contribution in [1.29, 1.82) is 0 Å². The largest absolute Gasteiger partial charge is 0.501 e. The summed E-state index contributed by atoms with van der Waals surface area (Å²) in [5.41, 5.74) is 16.6. The molecule has 1 unspecified atom stereocenters. The monoisotopic (exact) mass is 364 g/mol. The normalized spacial score (nSPS) is 15.0. The molecule has 24 heavy (non-hydrogen) atoms. The first-order valence-electron chi connectivity index (χ1n) is 9.04. The highest BCUT2D eigenvalue weighted by atomic mass is 28.4. The molecule has 0 saturated carbocycles. The lowest BCUT2D eigenvalue weighted by molar-refractivity contribution is 0.00436. The zero-order valence-corrected chi connectivity index (χ0v) is 17.2. The first-order valence-corrected chi connectivity index (χ1v) is 11.0. The van der Waals surface area contributed by atoms with Crippen molar-refractivity contribution in [2.24, 2.45) is 17.2 Å². The highest BCUT2D eigenvalue weighted by molar-refractivity contribution is 6.60. The number of hydrogen-bond donors (Lipinski definition) is 3. The fourth-order valence-corrected chi connectivity index (χ4v) is 5.21.